The van der Waals surface area contributed by atoms with Gasteiger partial charge < -0.3 is 50.9 Å². The summed E-state index contributed by atoms with van der Waals surface area (Å²) in [5, 5.41) is 50.0. The molecule has 1 heterocycles. The van der Waals surface area contributed by atoms with Crippen molar-refractivity contribution in [2.24, 2.45) is 0 Å². The third kappa shape index (κ3) is 24.9. The molecular formula is C58H73ClFN8O15P. The fourth-order valence-electron chi connectivity index (χ4n) is 9.27. The molecule has 1 aliphatic rings. The first kappa shape index (κ1) is 67.5. The molecule has 0 bridgehead atoms. The Labute approximate surface area is 491 Å². The maximum Gasteiger partial charge on any atom is 0.346 e. The van der Waals surface area contributed by atoms with Gasteiger partial charge in [0.15, 0.2) is 0 Å². The number of nitrogens with one attached hydrogen (secondary N) is 4. The summed E-state index contributed by atoms with van der Waals surface area (Å²) < 4.78 is 32.3. The molecule has 10 N–H and O–H groups in total. The SMILES string of the molecule is O=C(O)CN1CCN(CC(=O)O)CCN(C(CCC(=O)NCCCCCCNC(=O)C(Cc2cccc(C#CCOc3cccc(C(NCc4ccccc4)P(=O)(O)O)c3)c2)NC(=O)c2ccc(F)c(Cl)c2)C(=O)O)CCN(CC(=O)O)CC1. The summed E-state index contributed by atoms with van der Waals surface area (Å²) in [6.45, 7) is 0.704. The Balaban J connectivity index is 1.10. The second-order valence-electron chi connectivity index (χ2n) is 20.1. The van der Waals surface area contributed by atoms with Crippen LogP contribution in [-0.2, 0) is 46.3 Å². The van der Waals surface area contributed by atoms with Gasteiger partial charge in [-0.2, -0.15) is 0 Å². The number of amides is 3. The molecule has 0 saturated carbocycles. The molecule has 4 aromatic carbocycles. The lowest BCUT2D eigenvalue weighted by molar-refractivity contribution is -0.145. The number of carbonyl (C=O) groups is 7. The summed E-state index contributed by atoms with van der Waals surface area (Å²) >= 11 is 5.96. The molecule has 0 aromatic heterocycles. The summed E-state index contributed by atoms with van der Waals surface area (Å²) in [6, 6.07) is 23.8. The lowest BCUT2D eigenvalue weighted by atomic mass is 10.0. The summed E-state index contributed by atoms with van der Waals surface area (Å²) in [7, 11) is -4.62. The number of hydrogen-bond acceptors (Lipinski definition) is 14. The molecule has 0 radical (unpaired) electrons. The number of unbranched alkanes of at least 4 members (excludes halogenated alkanes) is 3. The third-order valence-electron chi connectivity index (χ3n) is 13.6. The zero-order valence-corrected chi connectivity index (χ0v) is 48.0. The summed E-state index contributed by atoms with van der Waals surface area (Å²) in [5.74, 6) is -1.77. The molecule has 1 aliphatic heterocycles. The lowest BCUT2D eigenvalue weighted by Gasteiger charge is -2.35. The molecule has 26 heteroatoms. The standard InChI is InChI=1S/C58H73ClFN8O15P/c59-47-36-44(18-19-48(47)60)55(76)64-49(34-43-14-8-13-41(33-43)15-10-32-83-46-17-9-16-45(35-46)57(84(80,81)82)63-37-42-11-4-3-5-12-42)56(77)62-23-7-2-1-6-22-61-51(69)21-20-50(58(78)79)68-30-28-66(39-53(72)73)26-24-65(38-52(70)71)25-27-67(29-31-68)40-54(74)75/h3-5,8-9,11-14,16-19,33,35-36,49-50,57,63H,1-2,6-7,20-32,34,37-40H2,(H,61,69)(H,62,77)(H,64,76)(H,70,71)(H,72,73)(H,74,75)(H,78,79)(H2,80,81,82). The molecule has 4 aromatic rings. The van der Waals surface area contributed by atoms with Gasteiger partial charge in [0.25, 0.3) is 5.91 Å². The Morgan fingerprint density at radius 3 is 1.85 bits per heavy atom. The smallest absolute Gasteiger partial charge is 0.346 e. The molecular weight excluding hydrogens is 1130 g/mol. The first-order valence-corrected chi connectivity index (χ1v) is 29.4. The highest BCUT2D eigenvalue weighted by Crippen LogP contribution is 2.50. The number of carbonyl (C=O) groups excluding carboxylic acids is 3. The Morgan fingerprint density at radius 1 is 0.679 bits per heavy atom. The highest BCUT2D eigenvalue weighted by Gasteiger charge is 2.31. The minimum atomic E-state index is -4.62. The van der Waals surface area contributed by atoms with Crippen LogP contribution in [0.1, 0.15) is 76.9 Å². The second kappa shape index (κ2) is 35.1. The zero-order valence-electron chi connectivity index (χ0n) is 46.4. The van der Waals surface area contributed by atoms with Gasteiger partial charge in [-0.15, -0.1) is 0 Å². The van der Waals surface area contributed by atoms with Crippen LogP contribution in [0.3, 0.4) is 0 Å². The van der Waals surface area contributed by atoms with Crippen LogP contribution in [-0.4, -0.2) is 195 Å². The van der Waals surface area contributed by atoms with Crippen molar-refractivity contribution in [1.82, 2.24) is 40.9 Å². The van der Waals surface area contributed by atoms with Gasteiger partial charge >= 0.3 is 31.5 Å². The average Bonchev–Trinajstić information content (AvgIpc) is 3.63. The topological polar surface area (TPSA) is 328 Å². The molecule has 5 rings (SSSR count). The number of rotatable bonds is 30. The van der Waals surface area contributed by atoms with Gasteiger partial charge in [-0.25, -0.2) is 4.39 Å². The van der Waals surface area contributed by atoms with E-state index in [1.54, 1.807) is 62.1 Å². The Kier molecular flexibility index (Phi) is 28.2. The molecule has 1 saturated heterocycles. The van der Waals surface area contributed by atoms with Gasteiger partial charge in [0, 0.05) is 96.0 Å². The van der Waals surface area contributed by atoms with Crippen molar-refractivity contribution in [2.45, 2.75) is 69.4 Å². The van der Waals surface area contributed by atoms with Crippen molar-refractivity contribution in [3.8, 4) is 17.6 Å². The van der Waals surface area contributed by atoms with Crippen molar-refractivity contribution in [2.75, 3.05) is 91.7 Å². The first-order chi connectivity index (χ1) is 40.1. The maximum absolute atomic E-state index is 14.0. The van der Waals surface area contributed by atoms with E-state index in [9.17, 15) is 72.7 Å². The third-order valence-corrected chi connectivity index (χ3v) is 15.1. The second-order valence-corrected chi connectivity index (χ2v) is 22.2. The number of hydrogen-bond donors (Lipinski definition) is 10. The van der Waals surface area contributed by atoms with Gasteiger partial charge in [0.05, 0.1) is 24.7 Å². The van der Waals surface area contributed by atoms with E-state index in [4.69, 9.17) is 16.3 Å². The fourth-order valence-corrected chi connectivity index (χ4v) is 10.3. The fraction of sp³-hybridized carbons (Fsp3) is 0.431. The van der Waals surface area contributed by atoms with Gasteiger partial charge in [0.2, 0.25) is 11.8 Å². The molecule has 3 unspecified atom stereocenters. The molecule has 1 fully saturated rings. The number of carboxylic acid groups (broad SMARTS) is 4. The summed E-state index contributed by atoms with van der Waals surface area (Å²) in [6.07, 6.45) is 2.26. The van der Waals surface area contributed by atoms with Crippen LogP contribution in [0.25, 0.3) is 0 Å². The quantitative estimate of drug-likeness (QED) is 0.0202. The Morgan fingerprint density at radius 2 is 1.26 bits per heavy atom. The van der Waals surface area contributed by atoms with E-state index >= 15 is 0 Å². The van der Waals surface area contributed by atoms with E-state index in [1.807, 2.05) is 30.3 Å². The largest absolute Gasteiger partial charge is 0.481 e. The molecule has 3 amide bonds. The molecule has 454 valence electrons. The van der Waals surface area contributed by atoms with E-state index in [0.29, 0.717) is 54.7 Å². The predicted octanol–water partition coefficient (Wildman–Crippen LogP) is 3.72. The lowest BCUT2D eigenvalue weighted by Crippen LogP contribution is -2.52. The maximum atomic E-state index is 14.0. The Hall–Kier alpha value is -7.30. The molecule has 23 nitrogen and oxygen atoms in total. The Bertz CT molecular complexity index is 2930. The monoisotopic (exact) mass is 1210 g/mol. The zero-order chi connectivity index (χ0) is 61.0. The van der Waals surface area contributed by atoms with E-state index in [0.717, 1.165) is 17.7 Å². The normalized spacial score (nSPS) is 15.1. The van der Waals surface area contributed by atoms with Crippen LogP contribution in [0.4, 0.5) is 4.39 Å². The van der Waals surface area contributed by atoms with Gasteiger partial charge in [-0.3, -0.25) is 63.0 Å². The number of benzene rings is 4. The summed E-state index contributed by atoms with van der Waals surface area (Å²) in [5.41, 5.74) is 2.44. The summed E-state index contributed by atoms with van der Waals surface area (Å²) in [4.78, 5) is 114. The van der Waals surface area contributed by atoms with Crippen molar-refractivity contribution >= 4 is 60.8 Å². The number of aliphatic carboxylic acids is 4. The van der Waals surface area contributed by atoms with Crippen LogP contribution in [0.2, 0.25) is 5.02 Å². The van der Waals surface area contributed by atoms with Crippen molar-refractivity contribution in [1.29, 1.82) is 0 Å². The molecule has 84 heavy (non-hydrogen) atoms. The van der Waals surface area contributed by atoms with E-state index < -0.39 is 67.0 Å². The van der Waals surface area contributed by atoms with Crippen LogP contribution < -0.4 is 26.0 Å². The van der Waals surface area contributed by atoms with Crippen LogP contribution in [0.15, 0.2) is 97.1 Å². The van der Waals surface area contributed by atoms with Crippen molar-refractivity contribution in [3.05, 3.63) is 136 Å². The number of halogens is 2. The molecule has 0 spiro atoms. The highest BCUT2D eigenvalue weighted by atomic mass is 35.5. The highest BCUT2D eigenvalue weighted by molar-refractivity contribution is 7.52. The van der Waals surface area contributed by atoms with Gasteiger partial charge in [-0.05, 0) is 78.4 Å². The number of ether oxygens (including phenoxy) is 1. The van der Waals surface area contributed by atoms with Gasteiger partial charge in [-0.1, -0.05) is 90.9 Å². The van der Waals surface area contributed by atoms with Crippen molar-refractivity contribution in [3.63, 3.8) is 0 Å². The number of nitrogens with zero attached hydrogens (tertiary/aromatic N) is 4. The predicted molar refractivity (Wildman–Crippen MR) is 309 cm³/mol. The minimum absolute atomic E-state index is 0.0371. The average molecular weight is 1210 g/mol. The molecule has 0 aliphatic carbocycles. The van der Waals surface area contributed by atoms with Crippen LogP contribution in [0.5, 0.6) is 5.75 Å². The number of carboxylic acids is 4. The van der Waals surface area contributed by atoms with Crippen molar-refractivity contribution < 1.29 is 77.5 Å². The van der Waals surface area contributed by atoms with E-state index in [1.165, 1.54) is 12.1 Å². The van der Waals surface area contributed by atoms with Crippen LogP contribution >= 0.6 is 19.2 Å². The van der Waals surface area contributed by atoms with E-state index in [-0.39, 0.29) is 127 Å². The van der Waals surface area contributed by atoms with Crippen LogP contribution in [0, 0.1) is 17.7 Å². The minimum Gasteiger partial charge on any atom is -0.481 e. The van der Waals surface area contributed by atoms with E-state index in [2.05, 4.69) is 33.1 Å². The molecule has 3 atom stereocenters. The first-order valence-electron chi connectivity index (χ1n) is 27.4. The van der Waals surface area contributed by atoms with Gasteiger partial charge in [0.1, 0.15) is 36.0 Å².